The first kappa shape index (κ1) is 7.62. The number of Topliss-reactive ketones (excluding diaryl/α,β-unsaturated/α-hetero) is 2. The van der Waals surface area contributed by atoms with Gasteiger partial charge in [0, 0.05) is 11.8 Å². The van der Waals surface area contributed by atoms with Gasteiger partial charge in [-0.15, -0.1) is 0 Å². The van der Waals surface area contributed by atoms with Crippen molar-refractivity contribution in [2.75, 3.05) is 0 Å². The summed E-state index contributed by atoms with van der Waals surface area (Å²) in [6.07, 6.45) is 4.68. The summed E-state index contributed by atoms with van der Waals surface area (Å²) in [5.74, 6) is 6.63. The fourth-order valence-electron chi connectivity index (χ4n) is 10.1. The molecule has 0 saturated heterocycles. The number of allylic oxidation sites excluding steroid dienone is 2. The number of carbonyl (C=O) groups excluding carboxylic acids is 2. The van der Waals surface area contributed by atoms with E-state index < -0.39 is 0 Å². The van der Waals surface area contributed by atoms with Crippen molar-refractivity contribution in [2.24, 2.45) is 70.0 Å². The number of hydrogen-bond acceptors (Lipinski definition) is 2. The Kier molecular flexibility index (Phi) is 0.642. The van der Waals surface area contributed by atoms with Crippen LogP contribution in [0.5, 0.6) is 0 Å². The predicted molar refractivity (Wildman–Crippen MR) is 58.9 cm³/mol. The smallest absolute Gasteiger partial charge is 0.145 e. The Balaban J connectivity index is 1.72. The normalized spacial score (nSPS) is 87.3. The predicted octanol–water partition coefficient (Wildman–Crippen LogP) is 0.924. The van der Waals surface area contributed by atoms with Crippen molar-refractivity contribution < 1.29 is 9.59 Å². The molecule has 2 nitrogen and oxygen atoms in total. The highest BCUT2D eigenvalue weighted by atomic mass is 16.2. The molecule has 0 amide bonds. The Morgan fingerprint density at radius 2 is 1.22 bits per heavy atom. The van der Waals surface area contributed by atoms with Crippen LogP contribution in [-0.2, 0) is 9.59 Å². The molecule has 2 spiro atoms. The number of ketones is 2. The second-order valence-corrected chi connectivity index (χ2v) is 8.32. The van der Waals surface area contributed by atoms with Crippen molar-refractivity contribution in [3.8, 4) is 0 Å². The van der Waals surface area contributed by atoms with Crippen LogP contribution in [0.25, 0.3) is 0 Å². The van der Waals surface area contributed by atoms with E-state index in [0.29, 0.717) is 53.0 Å². The van der Waals surface area contributed by atoms with Gasteiger partial charge in [-0.05, 0) is 47.3 Å². The number of fused-ring (bicyclic) bond motifs is 1. The Morgan fingerprint density at radius 3 is 1.72 bits per heavy atom. The van der Waals surface area contributed by atoms with Crippen LogP contribution < -0.4 is 0 Å². The molecule has 0 aromatic carbocycles. The molecular formula is C16H12O2. The third-order valence-electron chi connectivity index (χ3n) is 9.33. The van der Waals surface area contributed by atoms with Crippen molar-refractivity contribution >= 4 is 11.6 Å². The number of hydrogen-bond donors (Lipinski definition) is 0. The summed E-state index contributed by atoms with van der Waals surface area (Å²) >= 11 is 0. The van der Waals surface area contributed by atoms with Gasteiger partial charge in [-0.25, -0.2) is 0 Å². The summed E-state index contributed by atoms with van der Waals surface area (Å²) in [5, 5.41) is 0. The van der Waals surface area contributed by atoms with E-state index in [0.717, 1.165) is 5.92 Å². The maximum atomic E-state index is 13.1. The van der Waals surface area contributed by atoms with E-state index in [1.54, 1.807) is 0 Å². The second-order valence-electron chi connectivity index (χ2n) is 8.32. The topological polar surface area (TPSA) is 34.1 Å². The van der Waals surface area contributed by atoms with Gasteiger partial charge < -0.3 is 0 Å². The minimum absolute atomic E-state index is 0.137. The molecule has 0 aliphatic heterocycles. The van der Waals surface area contributed by atoms with Crippen LogP contribution in [0.2, 0.25) is 0 Å². The van der Waals surface area contributed by atoms with Crippen molar-refractivity contribution in [2.45, 2.75) is 0 Å². The lowest BCUT2D eigenvalue weighted by molar-refractivity contribution is -0.157. The molecule has 0 aromatic heterocycles. The van der Waals surface area contributed by atoms with Crippen LogP contribution in [-0.4, -0.2) is 11.6 Å². The zero-order valence-electron chi connectivity index (χ0n) is 9.74. The molecule has 8 saturated carbocycles. The van der Waals surface area contributed by atoms with Crippen molar-refractivity contribution in [3.63, 3.8) is 0 Å². The summed E-state index contributed by atoms with van der Waals surface area (Å²) in [7, 11) is 0. The third-order valence-corrected chi connectivity index (χ3v) is 9.33. The molecule has 88 valence electrons. The first-order valence-electron chi connectivity index (χ1n) is 7.56. The molecule has 8 bridgehead atoms. The molecule has 9 aliphatic rings. The van der Waals surface area contributed by atoms with E-state index in [-0.39, 0.29) is 22.7 Å². The Labute approximate surface area is 104 Å². The first-order valence-corrected chi connectivity index (χ1v) is 7.56. The summed E-state index contributed by atoms with van der Waals surface area (Å²) in [6, 6.07) is 0. The quantitative estimate of drug-likeness (QED) is 0.586. The van der Waals surface area contributed by atoms with Crippen molar-refractivity contribution in [1.29, 1.82) is 0 Å². The molecule has 0 heterocycles. The van der Waals surface area contributed by atoms with E-state index in [1.807, 2.05) is 0 Å². The molecule has 0 aromatic rings. The van der Waals surface area contributed by atoms with Gasteiger partial charge in [0.1, 0.15) is 11.6 Å². The third kappa shape index (κ3) is 0.293. The van der Waals surface area contributed by atoms with Gasteiger partial charge in [-0.3, -0.25) is 9.59 Å². The molecule has 9 rings (SSSR count). The summed E-state index contributed by atoms with van der Waals surface area (Å²) in [4.78, 5) is 26.1. The average molecular weight is 236 g/mol. The van der Waals surface area contributed by atoms with Gasteiger partial charge in [0.25, 0.3) is 0 Å². The van der Waals surface area contributed by atoms with Crippen molar-refractivity contribution in [1.82, 2.24) is 0 Å². The monoisotopic (exact) mass is 236 g/mol. The molecule has 12 atom stereocenters. The summed E-state index contributed by atoms with van der Waals surface area (Å²) < 4.78 is 0. The summed E-state index contributed by atoms with van der Waals surface area (Å²) in [6.45, 7) is 0. The van der Waals surface area contributed by atoms with E-state index in [2.05, 4.69) is 12.2 Å². The second kappa shape index (κ2) is 1.52. The molecule has 8 fully saturated rings. The maximum Gasteiger partial charge on any atom is 0.145 e. The van der Waals surface area contributed by atoms with E-state index in [9.17, 15) is 9.59 Å². The van der Waals surface area contributed by atoms with Crippen LogP contribution in [0.15, 0.2) is 12.2 Å². The lowest BCUT2D eigenvalue weighted by Gasteiger charge is -2.47. The van der Waals surface area contributed by atoms with Gasteiger partial charge in [-0.1, -0.05) is 12.2 Å². The van der Waals surface area contributed by atoms with Crippen molar-refractivity contribution in [3.05, 3.63) is 12.2 Å². The first-order chi connectivity index (χ1) is 8.79. The molecule has 0 radical (unpaired) electrons. The van der Waals surface area contributed by atoms with Gasteiger partial charge in [-0.2, -0.15) is 0 Å². The highest BCUT2D eigenvalue weighted by Gasteiger charge is 3.06. The van der Waals surface area contributed by atoms with Crippen LogP contribution >= 0.6 is 0 Å². The fraction of sp³-hybridized carbons (Fsp3) is 0.750. The summed E-state index contributed by atoms with van der Waals surface area (Å²) in [5.41, 5.74) is -0.273. The molecule has 18 heavy (non-hydrogen) atoms. The SMILES string of the molecule is O=C1[C@@H]2[C@@H]3C(=O)[C@@]45[C@H]6C=C[C@H]7C6C6[C@@H]([C@H]2[C@H]3[C@H]64)[C@]175. The highest BCUT2D eigenvalue weighted by molar-refractivity contribution is 6.14. The molecule has 0 N–H and O–H groups in total. The number of carbonyl (C=O) groups is 2. The molecule has 2 heteroatoms. The maximum absolute atomic E-state index is 13.1. The fourth-order valence-corrected chi connectivity index (χ4v) is 10.1. The van der Waals surface area contributed by atoms with Gasteiger partial charge in [0.15, 0.2) is 0 Å². The largest absolute Gasteiger partial charge is 0.299 e. The van der Waals surface area contributed by atoms with Crippen LogP contribution in [0.1, 0.15) is 0 Å². The minimum atomic E-state index is -0.137. The van der Waals surface area contributed by atoms with Crippen LogP contribution in [0, 0.1) is 70.0 Å². The Bertz CT molecular complexity index is 635. The lowest BCUT2D eigenvalue weighted by atomic mass is 9.52. The minimum Gasteiger partial charge on any atom is -0.299 e. The highest BCUT2D eigenvalue weighted by Crippen LogP contribution is 3.02. The van der Waals surface area contributed by atoms with E-state index in [4.69, 9.17) is 0 Å². The Morgan fingerprint density at radius 1 is 0.722 bits per heavy atom. The van der Waals surface area contributed by atoms with E-state index in [1.165, 1.54) is 0 Å². The van der Waals surface area contributed by atoms with Crippen LogP contribution in [0.3, 0.4) is 0 Å². The number of rotatable bonds is 0. The zero-order valence-corrected chi connectivity index (χ0v) is 9.74. The average Bonchev–Trinajstić information content (AvgIpc) is 3.06. The zero-order chi connectivity index (χ0) is 11.3. The molecule has 2 unspecified atom stereocenters. The molecular weight excluding hydrogens is 224 g/mol. The molecule has 9 aliphatic carbocycles. The van der Waals surface area contributed by atoms with Gasteiger partial charge in [0.05, 0.1) is 10.8 Å². The van der Waals surface area contributed by atoms with Gasteiger partial charge in [0.2, 0.25) is 0 Å². The van der Waals surface area contributed by atoms with E-state index >= 15 is 0 Å². The van der Waals surface area contributed by atoms with Crippen LogP contribution in [0.4, 0.5) is 0 Å². The lowest BCUT2D eigenvalue weighted by Crippen LogP contribution is -2.57. The Hall–Kier alpha value is -0.920. The van der Waals surface area contributed by atoms with Gasteiger partial charge >= 0.3 is 0 Å². The standard InChI is InChI=1S/C16H12O2/c17-13-8-6-7-9(8)14(18)16-4-2-1-3-5(4)10(12(7)16)11(6)15(3,13)16/h1-12H/t3-,4-,5?,6-,7+,8-,9+,10?,11+,12+,15-,16+/m0/s1.